The van der Waals surface area contributed by atoms with Gasteiger partial charge in [-0.15, -0.1) is 0 Å². The first-order valence-electron chi connectivity index (χ1n) is 10.6. The highest BCUT2D eigenvalue weighted by molar-refractivity contribution is 7.92. The minimum atomic E-state index is -3.97. The second-order valence-electron chi connectivity index (χ2n) is 8.99. The van der Waals surface area contributed by atoms with Gasteiger partial charge in [0.25, 0.3) is 10.0 Å². The number of aromatic nitrogens is 2. The molecule has 0 aliphatic rings. The average Bonchev–Trinajstić information content (AvgIpc) is 2.75. The number of hydrogen-bond donors (Lipinski definition) is 2. The molecule has 2 N–H and O–H groups in total. The van der Waals surface area contributed by atoms with E-state index in [2.05, 4.69) is 20.0 Å². The quantitative estimate of drug-likeness (QED) is 0.297. The highest BCUT2D eigenvalue weighted by Gasteiger charge is 2.24. The van der Waals surface area contributed by atoms with Gasteiger partial charge < -0.3 is 5.32 Å². The van der Waals surface area contributed by atoms with Crippen LogP contribution in [-0.4, -0.2) is 18.4 Å². The molecule has 0 bridgehead atoms. The largest absolute Gasteiger partial charge is 0.336 e. The number of anilines is 3. The van der Waals surface area contributed by atoms with Crippen LogP contribution >= 0.6 is 23.2 Å². The third kappa shape index (κ3) is 5.12. The van der Waals surface area contributed by atoms with E-state index in [0.717, 1.165) is 5.56 Å². The van der Waals surface area contributed by atoms with Gasteiger partial charge in [0, 0.05) is 5.02 Å². The molecule has 1 aromatic heterocycles. The van der Waals surface area contributed by atoms with Gasteiger partial charge in [-0.3, -0.25) is 4.72 Å². The van der Waals surface area contributed by atoms with Gasteiger partial charge in [0.2, 0.25) is 0 Å². The average molecular weight is 515 g/mol. The Bertz CT molecular complexity index is 1500. The van der Waals surface area contributed by atoms with Crippen LogP contribution in [0.2, 0.25) is 10.0 Å². The van der Waals surface area contributed by atoms with E-state index in [1.54, 1.807) is 43.3 Å². The Morgan fingerprint density at radius 1 is 0.853 bits per heavy atom. The van der Waals surface area contributed by atoms with Crippen LogP contribution in [0.25, 0.3) is 11.0 Å². The van der Waals surface area contributed by atoms with Crippen LogP contribution in [0.4, 0.5) is 17.3 Å². The fourth-order valence-corrected chi connectivity index (χ4v) is 5.15. The molecule has 1 heterocycles. The normalized spacial score (nSPS) is 12.1. The Hall–Kier alpha value is -2.87. The van der Waals surface area contributed by atoms with E-state index < -0.39 is 10.0 Å². The van der Waals surface area contributed by atoms with Crippen molar-refractivity contribution in [3.05, 3.63) is 81.8 Å². The molecule has 0 spiro atoms. The monoisotopic (exact) mass is 514 g/mol. The van der Waals surface area contributed by atoms with E-state index in [-0.39, 0.29) is 21.9 Å². The summed E-state index contributed by atoms with van der Waals surface area (Å²) in [5.41, 5.74) is 3.00. The number of para-hydroxylation sites is 2. The van der Waals surface area contributed by atoms with Gasteiger partial charge in [-0.05, 0) is 59.9 Å². The van der Waals surface area contributed by atoms with Gasteiger partial charge in [0.05, 0.1) is 26.6 Å². The second-order valence-corrected chi connectivity index (χ2v) is 11.5. The molecule has 0 aliphatic carbocycles. The molecule has 3 aromatic carbocycles. The molecule has 9 heteroatoms. The van der Waals surface area contributed by atoms with Crippen LogP contribution in [0.15, 0.2) is 65.6 Å². The van der Waals surface area contributed by atoms with Crippen LogP contribution in [-0.2, 0) is 15.4 Å². The summed E-state index contributed by atoms with van der Waals surface area (Å²) in [6.07, 6.45) is 0. The molecule has 0 amide bonds. The summed E-state index contributed by atoms with van der Waals surface area (Å²) in [5.74, 6) is 0.279. The van der Waals surface area contributed by atoms with Gasteiger partial charge in [0.15, 0.2) is 11.6 Å². The molecular formula is C25H24Cl2N4O2S. The van der Waals surface area contributed by atoms with Crippen molar-refractivity contribution in [1.82, 2.24) is 9.97 Å². The molecule has 6 nitrogen and oxygen atoms in total. The fourth-order valence-electron chi connectivity index (χ4n) is 3.42. The Morgan fingerprint density at radius 3 is 2.12 bits per heavy atom. The fraction of sp³-hybridized carbons (Fsp3) is 0.200. The zero-order valence-corrected chi connectivity index (χ0v) is 21.5. The Morgan fingerprint density at radius 2 is 1.50 bits per heavy atom. The highest BCUT2D eigenvalue weighted by atomic mass is 35.5. The van der Waals surface area contributed by atoms with E-state index in [0.29, 0.717) is 32.3 Å². The lowest BCUT2D eigenvalue weighted by Crippen LogP contribution is -2.19. The van der Waals surface area contributed by atoms with E-state index in [9.17, 15) is 8.42 Å². The highest BCUT2D eigenvalue weighted by Crippen LogP contribution is 2.33. The van der Waals surface area contributed by atoms with Crippen LogP contribution in [0.5, 0.6) is 0 Å². The minimum absolute atomic E-state index is 0.0604. The van der Waals surface area contributed by atoms with E-state index in [1.807, 2.05) is 45.0 Å². The maximum atomic E-state index is 13.5. The zero-order chi connectivity index (χ0) is 24.7. The standard InChI is InChI=1S/C25H24Cl2N4O2S/c1-15-9-10-16(25(2,3)4)13-22(15)34(32,33)31-24-23(28-19-12-11-17(26)14-18(19)27)29-20-7-5-6-8-21(20)30-24/h5-14H,1-4H3,(H,28,29)(H,30,31). The zero-order valence-electron chi connectivity index (χ0n) is 19.1. The van der Waals surface area contributed by atoms with Crippen molar-refractivity contribution in [3.63, 3.8) is 0 Å². The van der Waals surface area contributed by atoms with Gasteiger partial charge in [0.1, 0.15) is 0 Å². The Labute approximate surface area is 209 Å². The molecular weight excluding hydrogens is 491 g/mol. The Kier molecular flexibility index (Phi) is 6.46. The van der Waals surface area contributed by atoms with Gasteiger partial charge in [-0.2, -0.15) is 0 Å². The third-order valence-electron chi connectivity index (χ3n) is 5.33. The minimum Gasteiger partial charge on any atom is -0.336 e. The number of fused-ring (bicyclic) bond motifs is 1. The number of aryl methyl sites for hydroxylation is 1. The van der Waals surface area contributed by atoms with Crippen molar-refractivity contribution in [2.24, 2.45) is 0 Å². The second kappa shape index (κ2) is 9.06. The summed E-state index contributed by atoms with van der Waals surface area (Å²) in [7, 11) is -3.97. The van der Waals surface area contributed by atoms with Gasteiger partial charge in [-0.1, -0.05) is 68.2 Å². The maximum Gasteiger partial charge on any atom is 0.263 e. The van der Waals surface area contributed by atoms with Crippen molar-refractivity contribution in [3.8, 4) is 0 Å². The van der Waals surface area contributed by atoms with Gasteiger partial charge >= 0.3 is 0 Å². The lowest BCUT2D eigenvalue weighted by Gasteiger charge is -2.21. The van der Waals surface area contributed by atoms with E-state index >= 15 is 0 Å². The number of rotatable bonds is 5. The van der Waals surface area contributed by atoms with Gasteiger partial charge in [-0.25, -0.2) is 18.4 Å². The number of hydrogen-bond acceptors (Lipinski definition) is 5. The molecule has 4 rings (SSSR count). The predicted octanol–water partition coefficient (Wildman–Crippen LogP) is 7.09. The smallest absolute Gasteiger partial charge is 0.263 e. The summed E-state index contributed by atoms with van der Waals surface area (Å²) in [6.45, 7) is 7.87. The van der Waals surface area contributed by atoms with Crippen LogP contribution in [0.1, 0.15) is 31.9 Å². The first-order valence-corrected chi connectivity index (χ1v) is 12.8. The van der Waals surface area contributed by atoms with E-state index in [1.165, 1.54) is 0 Å². The lowest BCUT2D eigenvalue weighted by atomic mass is 9.87. The topological polar surface area (TPSA) is 84.0 Å². The first kappa shape index (κ1) is 24.3. The number of benzene rings is 3. The molecule has 0 aliphatic heterocycles. The van der Waals surface area contributed by atoms with Crippen LogP contribution < -0.4 is 10.0 Å². The third-order valence-corrected chi connectivity index (χ3v) is 7.36. The maximum absolute atomic E-state index is 13.5. The summed E-state index contributed by atoms with van der Waals surface area (Å²) in [6, 6.07) is 17.6. The number of sulfonamides is 1. The van der Waals surface area contributed by atoms with Crippen molar-refractivity contribution >= 4 is 61.6 Å². The van der Waals surface area contributed by atoms with Crippen molar-refractivity contribution in [2.75, 3.05) is 10.0 Å². The number of nitrogens with one attached hydrogen (secondary N) is 2. The molecule has 0 fully saturated rings. The molecule has 34 heavy (non-hydrogen) atoms. The molecule has 0 unspecified atom stereocenters. The SMILES string of the molecule is Cc1ccc(C(C)(C)C)cc1S(=O)(=O)Nc1nc2ccccc2nc1Nc1ccc(Cl)cc1Cl. The summed E-state index contributed by atoms with van der Waals surface area (Å²) in [5, 5.41) is 3.94. The molecule has 0 radical (unpaired) electrons. The molecule has 176 valence electrons. The molecule has 0 saturated carbocycles. The van der Waals surface area contributed by atoms with E-state index in [4.69, 9.17) is 23.2 Å². The molecule has 0 atom stereocenters. The van der Waals surface area contributed by atoms with Crippen molar-refractivity contribution < 1.29 is 8.42 Å². The predicted molar refractivity (Wildman–Crippen MR) is 140 cm³/mol. The molecule has 4 aromatic rings. The number of halogens is 2. The summed E-state index contributed by atoms with van der Waals surface area (Å²) in [4.78, 5) is 9.33. The van der Waals surface area contributed by atoms with Crippen LogP contribution in [0, 0.1) is 6.92 Å². The first-order chi connectivity index (χ1) is 15.9. The Balaban J connectivity index is 1.81. The summed E-state index contributed by atoms with van der Waals surface area (Å²) >= 11 is 12.3. The molecule has 0 saturated heterocycles. The summed E-state index contributed by atoms with van der Waals surface area (Å²) < 4.78 is 29.6. The lowest BCUT2D eigenvalue weighted by molar-refractivity contribution is 0.584. The van der Waals surface area contributed by atoms with Crippen molar-refractivity contribution in [1.29, 1.82) is 0 Å². The van der Waals surface area contributed by atoms with Crippen LogP contribution in [0.3, 0.4) is 0 Å². The van der Waals surface area contributed by atoms with Crippen molar-refractivity contribution in [2.45, 2.75) is 38.0 Å². The number of nitrogens with zero attached hydrogens (tertiary/aromatic N) is 2.